The summed E-state index contributed by atoms with van der Waals surface area (Å²) < 4.78 is 0. The van der Waals surface area contributed by atoms with Gasteiger partial charge in [0.15, 0.2) is 5.78 Å². The summed E-state index contributed by atoms with van der Waals surface area (Å²) in [7, 11) is 0. The molecule has 25 heavy (non-hydrogen) atoms. The Morgan fingerprint density at radius 2 is 1.72 bits per heavy atom. The summed E-state index contributed by atoms with van der Waals surface area (Å²) in [6, 6.07) is 3.32. The van der Waals surface area contributed by atoms with Crippen molar-refractivity contribution >= 4 is 17.7 Å². The van der Waals surface area contributed by atoms with E-state index in [1.165, 1.54) is 0 Å². The number of Topliss-reactive ketones (excluding diaryl/α,β-unsaturated/α-hetero) is 1. The maximum atomic E-state index is 12.7. The molecule has 3 amide bonds. The zero-order valence-corrected chi connectivity index (χ0v) is 16.0. The lowest BCUT2D eigenvalue weighted by atomic mass is 9.92. The van der Waals surface area contributed by atoms with Crippen LogP contribution in [0.4, 0.5) is 4.79 Å². The van der Waals surface area contributed by atoms with Crippen LogP contribution < -0.4 is 5.32 Å². The Labute approximate surface area is 149 Å². The molecule has 0 spiro atoms. The number of nitrogens with one attached hydrogen (secondary N) is 1. The maximum absolute atomic E-state index is 12.7. The number of nitrogens with zero attached hydrogens (tertiary/aromatic N) is 1. The number of aryl methyl sites for hydroxylation is 3. The molecule has 1 fully saturated rings. The maximum Gasteiger partial charge on any atom is 0.325 e. The normalized spacial score (nSPS) is 20.4. The Balaban J connectivity index is 2.17. The second-order valence-corrected chi connectivity index (χ2v) is 7.76. The first-order valence-corrected chi connectivity index (χ1v) is 8.80. The molecule has 2 rings (SSSR count). The Morgan fingerprint density at radius 3 is 2.32 bits per heavy atom. The van der Waals surface area contributed by atoms with Gasteiger partial charge >= 0.3 is 6.03 Å². The van der Waals surface area contributed by atoms with Crippen molar-refractivity contribution in [2.24, 2.45) is 5.92 Å². The van der Waals surface area contributed by atoms with Crippen LogP contribution in [0, 0.1) is 26.7 Å². The number of hydrogen-bond donors (Lipinski definition) is 1. The molecule has 0 radical (unpaired) electrons. The molecule has 1 atom stereocenters. The zero-order valence-electron chi connectivity index (χ0n) is 16.0. The van der Waals surface area contributed by atoms with Gasteiger partial charge in [0.1, 0.15) is 5.54 Å². The van der Waals surface area contributed by atoms with Gasteiger partial charge in [-0.25, -0.2) is 4.79 Å². The third-order valence-electron chi connectivity index (χ3n) is 5.01. The van der Waals surface area contributed by atoms with Crippen LogP contribution in [-0.4, -0.2) is 34.7 Å². The van der Waals surface area contributed by atoms with Crippen molar-refractivity contribution in [3.8, 4) is 0 Å². The molecule has 1 aromatic carbocycles. The number of rotatable bonds is 6. The number of carbonyl (C=O) groups excluding carboxylic acids is 3. The molecule has 1 N–H and O–H groups in total. The quantitative estimate of drug-likeness (QED) is 0.634. The highest BCUT2D eigenvalue weighted by molar-refractivity contribution is 6.11. The van der Waals surface area contributed by atoms with E-state index >= 15 is 0 Å². The molecule has 5 heteroatoms. The molecule has 136 valence electrons. The Morgan fingerprint density at radius 1 is 1.12 bits per heavy atom. The average molecular weight is 344 g/mol. The van der Waals surface area contributed by atoms with Crippen molar-refractivity contribution in [2.75, 3.05) is 6.54 Å². The van der Waals surface area contributed by atoms with Gasteiger partial charge in [-0.3, -0.25) is 14.5 Å². The Bertz CT molecular complexity index is 724. The lowest BCUT2D eigenvalue weighted by Crippen LogP contribution is -2.44. The molecule has 5 nitrogen and oxygen atoms in total. The van der Waals surface area contributed by atoms with Crippen LogP contribution in [0.3, 0.4) is 0 Å². The van der Waals surface area contributed by atoms with E-state index in [2.05, 4.69) is 19.2 Å². The molecule has 0 aromatic heterocycles. The summed E-state index contributed by atoms with van der Waals surface area (Å²) in [4.78, 5) is 38.7. The Kier molecular flexibility index (Phi) is 5.35. The number of ketones is 1. The Hall–Kier alpha value is -2.17. The predicted molar refractivity (Wildman–Crippen MR) is 97.7 cm³/mol. The van der Waals surface area contributed by atoms with Crippen LogP contribution in [0.25, 0.3) is 0 Å². The molecular formula is C20H28N2O3. The van der Waals surface area contributed by atoms with Gasteiger partial charge < -0.3 is 5.32 Å². The number of hydrogen-bond acceptors (Lipinski definition) is 3. The largest absolute Gasteiger partial charge is 0.325 e. The first-order valence-electron chi connectivity index (χ1n) is 8.80. The highest BCUT2D eigenvalue weighted by atomic mass is 16.2. The molecule has 0 bridgehead atoms. The van der Waals surface area contributed by atoms with Crippen molar-refractivity contribution in [1.82, 2.24) is 10.2 Å². The minimum atomic E-state index is -0.917. The van der Waals surface area contributed by atoms with Gasteiger partial charge in [0.2, 0.25) is 0 Å². The fraction of sp³-hybridized carbons (Fsp3) is 0.550. The molecule has 1 unspecified atom stereocenters. The van der Waals surface area contributed by atoms with Crippen LogP contribution in [-0.2, 0) is 4.79 Å². The number of urea groups is 1. The number of amides is 3. The van der Waals surface area contributed by atoms with E-state index in [1.54, 1.807) is 6.92 Å². The smallest absolute Gasteiger partial charge is 0.323 e. The highest BCUT2D eigenvalue weighted by Gasteiger charge is 2.47. The zero-order chi connectivity index (χ0) is 18.9. The SMILES string of the molecule is Cc1cc(C)c(C(=O)CN2C(=O)NC(C)(CCC(C)C)C2=O)cc1C. The molecule has 0 saturated carbocycles. The molecule has 1 heterocycles. The van der Waals surface area contributed by atoms with E-state index in [9.17, 15) is 14.4 Å². The van der Waals surface area contributed by atoms with Crippen molar-refractivity contribution in [3.05, 3.63) is 34.4 Å². The van der Waals surface area contributed by atoms with Gasteiger partial charge in [-0.1, -0.05) is 19.9 Å². The molecular weight excluding hydrogens is 316 g/mol. The second-order valence-electron chi connectivity index (χ2n) is 7.76. The summed E-state index contributed by atoms with van der Waals surface area (Å²) in [5, 5.41) is 2.76. The van der Waals surface area contributed by atoms with Crippen molar-refractivity contribution < 1.29 is 14.4 Å². The third kappa shape index (κ3) is 3.91. The van der Waals surface area contributed by atoms with Gasteiger partial charge in [0.25, 0.3) is 5.91 Å². The van der Waals surface area contributed by atoms with Gasteiger partial charge in [-0.2, -0.15) is 0 Å². The first-order chi connectivity index (χ1) is 11.5. The second kappa shape index (κ2) is 6.98. The van der Waals surface area contributed by atoms with Gasteiger partial charge in [-0.05, 0) is 69.2 Å². The lowest BCUT2D eigenvalue weighted by Gasteiger charge is -2.22. The van der Waals surface area contributed by atoms with Crippen LogP contribution in [0.2, 0.25) is 0 Å². The van der Waals surface area contributed by atoms with E-state index < -0.39 is 11.6 Å². The number of benzene rings is 1. The van der Waals surface area contributed by atoms with Crippen molar-refractivity contribution in [2.45, 2.75) is 59.9 Å². The molecule has 1 aliphatic heterocycles. The predicted octanol–water partition coefficient (Wildman–Crippen LogP) is 3.54. The van der Waals surface area contributed by atoms with E-state index in [0.29, 0.717) is 17.9 Å². The minimum absolute atomic E-state index is 0.211. The third-order valence-corrected chi connectivity index (χ3v) is 5.01. The van der Waals surface area contributed by atoms with Gasteiger partial charge in [0, 0.05) is 5.56 Å². The number of imide groups is 1. The van der Waals surface area contributed by atoms with E-state index in [-0.39, 0.29) is 18.2 Å². The molecule has 1 aliphatic rings. The molecule has 0 aliphatic carbocycles. The summed E-state index contributed by atoms with van der Waals surface area (Å²) in [6.45, 7) is 11.5. The van der Waals surface area contributed by atoms with Crippen LogP contribution in [0.15, 0.2) is 12.1 Å². The van der Waals surface area contributed by atoms with Crippen LogP contribution in [0.1, 0.15) is 60.7 Å². The fourth-order valence-electron chi connectivity index (χ4n) is 3.13. The monoisotopic (exact) mass is 344 g/mol. The topological polar surface area (TPSA) is 66.5 Å². The van der Waals surface area contributed by atoms with Crippen molar-refractivity contribution in [1.29, 1.82) is 0 Å². The average Bonchev–Trinajstić information content (AvgIpc) is 2.72. The molecule has 1 aromatic rings. The minimum Gasteiger partial charge on any atom is -0.323 e. The number of carbonyl (C=O) groups is 3. The first kappa shape index (κ1) is 19.2. The van der Waals surface area contributed by atoms with E-state index in [1.807, 2.05) is 32.9 Å². The molecule has 1 saturated heterocycles. The standard InChI is InChI=1S/C20H28N2O3/c1-12(2)7-8-20(6)18(24)22(19(25)21-20)11-17(23)16-10-14(4)13(3)9-15(16)5/h9-10,12H,7-8,11H2,1-6H3,(H,21,25). The van der Waals surface area contributed by atoms with Crippen molar-refractivity contribution in [3.63, 3.8) is 0 Å². The van der Waals surface area contributed by atoms with E-state index in [4.69, 9.17) is 0 Å². The van der Waals surface area contributed by atoms with Gasteiger partial charge in [0.05, 0.1) is 6.54 Å². The fourth-order valence-corrected chi connectivity index (χ4v) is 3.13. The van der Waals surface area contributed by atoms with Gasteiger partial charge in [-0.15, -0.1) is 0 Å². The van der Waals surface area contributed by atoms with Crippen LogP contribution >= 0.6 is 0 Å². The van der Waals surface area contributed by atoms with E-state index in [0.717, 1.165) is 28.0 Å². The van der Waals surface area contributed by atoms with Crippen LogP contribution in [0.5, 0.6) is 0 Å². The summed E-state index contributed by atoms with van der Waals surface area (Å²) in [6.07, 6.45) is 1.41. The summed E-state index contributed by atoms with van der Waals surface area (Å²) >= 11 is 0. The summed E-state index contributed by atoms with van der Waals surface area (Å²) in [5.74, 6) is -0.0828. The summed E-state index contributed by atoms with van der Waals surface area (Å²) in [5.41, 5.74) is 2.65. The lowest BCUT2D eigenvalue weighted by molar-refractivity contribution is -0.130. The highest BCUT2D eigenvalue weighted by Crippen LogP contribution is 2.25.